The first-order valence-corrected chi connectivity index (χ1v) is 6.63. The molecule has 0 aromatic rings. The maximum absolute atomic E-state index is 7.21. The van der Waals surface area contributed by atoms with Crippen LogP contribution in [0.25, 0.3) is 0 Å². The summed E-state index contributed by atoms with van der Waals surface area (Å²) < 4.78 is 5.31. The fourth-order valence-electron chi connectivity index (χ4n) is 0.442. The summed E-state index contributed by atoms with van der Waals surface area (Å²) in [4.78, 5) is 0. The van der Waals surface area contributed by atoms with Gasteiger partial charge in [0.05, 0.1) is 0 Å². The second kappa shape index (κ2) is 3.01. The van der Waals surface area contributed by atoms with Crippen molar-refractivity contribution in [3.05, 3.63) is 0 Å². The summed E-state index contributed by atoms with van der Waals surface area (Å²) in [6.07, 6.45) is 0.713. The summed E-state index contributed by atoms with van der Waals surface area (Å²) in [7, 11) is -1.47. The van der Waals surface area contributed by atoms with Crippen molar-refractivity contribution in [2.45, 2.75) is 33.0 Å². The van der Waals surface area contributed by atoms with Crippen LogP contribution in [-0.2, 0) is 4.43 Å². The summed E-state index contributed by atoms with van der Waals surface area (Å²) in [5.41, 5.74) is 0. The maximum Gasteiger partial charge on any atom is 0.243 e. The highest BCUT2D eigenvalue weighted by Crippen LogP contribution is 2.03. The second-order valence-electron chi connectivity index (χ2n) is 2.99. The molecule has 2 nitrogen and oxygen atoms in total. The Kier molecular flexibility index (Phi) is 2.90. The molecule has 0 rings (SSSR count). The smallest absolute Gasteiger partial charge is 0.243 e. The van der Waals surface area contributed by atoms with Gasteiger partial charge in [0.2, 0.25) is 8.32 Å². The SMILES string of the molecule is CCC(=N)O[Si](C)(C)C. The van der Waals surface area contributed by atoms with E-state index in [1.807, 2.05) is 6.92 Å². The number of nitrogens with one attached hydrogen (secondary N) is 1. The molecule has 9 heavy (non-hydrogen) atoms. The van der Waals surface area contributed by atoms with Gasteiger partial charge in [-0.1, -0.05) is 6.92 Å². The molecule has 0 saturated heterocycles. The van der Waals surface area contributed by atoms with E-state index in [1.54, 1.807) is 0 Å². The van der Waals surface area contributed by atoms with Crippen molar-refractivity contribution in [1.29, 1.82) is 5.41 Å². The number of rotatable bonds is 2. The molecule has 0 radical (unpaired) electrons. The average molecular weight is 145 g/mol. The van der Waals surface area contributed by atoms with E-state index < -0.39 is 8.32 Å². The molecule has 0 spiro atoms. The molecule has 0 saturated carbocycles. The topological polar surface area (TPSA) is 33.1 Å². The first kappa shape index (κ1) is 8.69. The molecule has 3 heteroatoms. The van der Waals surface area contributed by atoms with Crippen molar-refractivity contribution in [1.82, 2.24) is 0 Å². The summed E-state index contributed by atoms with van der Waals surface area (Å²) in [6.45, 7) is 8.17. The lowest BCUT2D eigenvalue weighted by Gasteiger charge is -2.18. The molecular formula is C6H15NOSi. The fourth-order valence-corrected chi connectivity index (χ4v) is 1.33. The van der Waals surface area contributed by atoms with Crippen LogP contribution in [0, 0.1) is 5.41 Å². The van der Waals surface area contributed by atoms with Crippen molar-refractivity contribution < 1.29 is 4.43 Å². The minimum Gasteiger partial charge on any atom is -0.535 e. The molecule has 1 N–H and O–H groups in total. The molecule has 0 fully saturated rings. The van der Waals surface area contributed by atoms with Crippen LogP contribution in [0.5, 0.6) is 0 Å². The van der Waals surface area contributed by atoms with E-state index in [4.69, 9.17) is 9.84 Å². The van der Waals surface area contributed by atoms with Crippen molar-refractivity contribution in [3.8, 4) is 0 Å². The molecule has 0 aliphatic carbocycles. The largest absolute Gasteiger partial charge is 0.535 e. The van der Waals surface area contributed by atoms with E-state index in [-0.39, 0.29) is 0 Å². The molecule has 0 aromatic heterocycles. The van der Waals surface area contributed by atoms with Gasteiger partial charge in [-0.25, -0.2) is 0 Å². The Balaban J connectivity index is 3.60. The second-order valence-corrected chi connectivity index (χ2v) is 7.42. The van der Waals surface area contributed by atoms with Crippen LogP contribution in [0.4, 0.5) is 0 Å². The third-order valence-corrected chi connectivity index (χ3v) is 1.61. The van der Waals surface area contributed by atoms with E-state index in [1.165, 1.54) is 0 Å². The predicted octanol–water partition coefficient (Wildman–Crippen LogP) is 2.23. The minimum absolute atomic E-state index is 0.425. The number of hydrogen-bond donors (Lipinski definition) is 1. The molecule has 0 amide bonds. The molecule has 0 aromatic carbocycles. The highest BCUT2D eigenvalue weighted by Gasteiger charge is 2.16. The predicted molar refractivity (Wildman–Crippen MR) is 42.4 cm³/mol. The van der Waals surface area contributed by atoms with Gasteiger partial charge in [0, 0.05) is 6.42 Å². The lowest BCUT2D eigenvalue weighted by atomic mass is 10.5. The summed E-state index contributed by atoms with van der Waals surface area (Å²) >= 11 is 0. The molecular weight excluding hydrogens is 130 g/mol. The van der Waals surface area contributed by atoms with Gasteiger partial charge in [-0.3, -0.25) is 5.41 Å². The van der Waals surface area contributed by atoms with Crippen molar-refractivity contribution in [2.75, 3.05) is 0 Å². The summed E-state index contributed by atoms with van der Waals surface area (Å²) in [6, 6.07) is 0. The quantitative estimate of drug-likeness (QED) is 0.361. The van der Waals surface area contributed by atoms with Crippen LogP contribution < -0.4 is 0 Å². The van der Waals surface area contributed by atoms with Crippen LogP contribution in [0.2, 0.25) is 19.6 Å². The van der Waals surface area contributed by atoms with Gasteiger partial charge in [-0.15, -0.1) is 0 Å². The van der Waals surface area contributed by atoms with Gasteiger partial charge < -0.3 is 4.43 Å². The van der Waals surface area contributed by atoms with E-state index in [0.29, 0.717) is 12.3 Å². The van der Waals surface area contributed by atoms with E-state index >= 15 is 0 Å². The Morgan fingerprint density at radius 1 is 1.44 bits per heavy atom. The lowest BCUT2D eigenvalue weighted by molar-refractivity contribution is 0.530. The summed E-state index contributed by atoms with van der Waals surface area (Å²) in [5, 5.41) is 7.21. The number of hydrogen-bond acceptors (Lipinski definition) is 2. The van der Waals surface area contributed by atoms with E-state index in [0.717, 1.165) is 0 Å². The Bertz CT molecular complexity index is 106. The average Bonchev–Trinajstić information content (AvgIpc) is 1.62. The van der Waals surface area contributed by atoms with Crippen molar-refractivity contribution >= 4 is 14.2 Å². The van der Waals surface area contributed by atoms with E-state index in [2.05, 4.69) is 19.6 Å². The Morgan fingerprint density at radius 2 is 1.89 bits per heavy atom. The first-order chi connectivity index (χ1) is 3.95. The lowest BCUT2D eigenvalue weighted by Crippen LogP contribution is -2.28. The van der Waals surface area contributed by atoms with E-state index in [9.17, 15) is 0 Å². The monoisotopic (exact) mass is 145 g/mol. The van der Waals surface area contributed by atoms with Crippen molar-refractivity contribution in [2.24, 2.45) is 0 Å². The van der Waals surface area contributed by atoms with Gasteiger partial charge in [-0.2, -0.15) is 0 Å². The zero-order valence-electron chi connectivity index (χ0n) is 6.62. The highest BCUT2D eigenvalue weighted by atomic mass is 28.4. The van der Waals surface area contributed by atoms with Crippen LogP contribution in [0.15, 0.2) is 0 Å². The van der Waals surface area contributed by atoms with Crippen molar-refractivity contribution in [3.63, 3.8) is 0 Å². The van der Waals surface area contributed by atoms with Crippen LogP contribution >= 0.6 is 0 Å². The molecule has 0 heterocycles. The molecule has 0 atom stereocenters. The zero-order chi connectivity index (χ0) is 7.49. The van der Waals surface area contributed by atoms with Crippen LogP contribution in [0.3, 0.4) is 0 Å². The molecule has 0 aliphatic rings. The Labute approximate surface area is 57.9 Å². The standard InChI is InChI=1S/C6H15NOSi/c1-5-6(7)8-9(2,3)4/h7H,5H2,1-4H3. The minimum atomic E-state index is -1.47. The van der Waals surface area contributed by atoms with Gasteiger partial charge in [0.15, 0.2) is 5.90 Å². The Morgan fingerprint density at radius 3 is 2.00 bits per heavy atom. The van der Waals surface area contributed by atoms with Gasteiger partial charge in [0.1, 0.15) is 0 Å². The van der Waals surface area contributed by atoms with Gasteiger partial charge in [-0.05, 0) is 19.6 Å². The highest BCUT2D eigenvalue weighted by molar-refractivity contribution is 6.71. The Hall–Kier alpha value is -0.313. The van der Waals surface area contributed by atoms with Gasteiger partial charge >= 0.3 is 0 Å². The zero-order valence-corrected chi connectivity index (χ0v) is 7.62. The third-order valence-electron chi connectivity index (χ3n) is 0.751. The molecule has 0 bridgehead atoms. The third kappa shape index (κ3) is 5.56. The maximum atomic E-state index is 7.21. The van der Waals surface area contributed by atoms with Gasteiger partial charge in [0.25, 0.3) is 0 Å². The molecule has 54 valence electrons. The normalized spacial score (nSPS) is 11.1. The van der Waals surface area contributed by atoms with Crippen LogP contribution in [0.1, 0.15) is 13.3 Å². The first-order valence-electron chi connectivity index (χ1n) is 3.22. The molecule has 0 aliphatic heterocycles. The fraction of sp³-hybridized carbons (Fsp3) is 0.833. The summed E-state index contributed by atoms with van der Waals surface area (Å²) in [5.74, 6) is 0.425. The van der Waals surface area contributed by atoms with Crippen LogP contribution in [-0.4, -0.2) is 14.2 Å². The molecule has 0 unspecified atom stereocenters.